The number of aliphatic hydroxyl groups is 1. The van der Waals surface area contributed by atoms with Gasteiger partial charge in [-0.2, -0.15) is 0 Å². The van der Waals surface area contributed by atoms with Crippen molar-refractivity contribution in [3.8, 4) is 11.1 Å². The summed E-state index contributed by atoms with van der Waals surface area (Å²) in [6.45, 7) is 6.65. The number of halogens is 3. The predicted octanol–water partition coefficient (Wildman–Crippen LogP) is 6.24. The summed E-state index contributed by atoms with van der Waals surface area (Å²) < 4.78 is 11.4. The van der Waals surface area contributed by atoms with Gasteiger partial charge in [-0.1, -0.05) is 108 Å². The summed E-state index contributed by atoms with van der Waals surface area (Å²) in [4.78, 5) is 25.5. The van der Waals surface area contributed by atoms with E-state index in [0.29, 0.717) is 0 Å². The highest BCUT2D eigenvalue weighted by Gasteiger charge is 2.39. The number of hydrogen-bond acceptors (Lipinski definition) is 8. The molecule has 2 saturated heterocycles. The normalized spacial score (nSPS) is 22.0. The Morgan fingerprint density at radius 2 is 1.56 bits per heavy atom. The number of aromatic nitrogens is 2. The van der Waals surface area contributed by atoms with Crippen LogP contribution < -0.4 is 10.2 Å². The summed E-state index contributed by atoms with van der Waals surface area (Å²) in [5.41, 5.74) is 5.71. The van der Waals surface area contributed by atoms with Crippen LogP contribution in [0.2, 0.25) is 0 Å². The molecular formula is C36H38Cl3N5O4. The third kappa shape index (κ3) is 8.47. The molecule has 9 nitrogen and oxygen atoms in total. The lowest BCUT2D eigenvalue weighted by atomic mass is 9.89. The Hall–Kier alpha value is -3.28. The fourth-order valence-electron chi connectivity index (χ4n) is 6.14. The molecule has 2 aliphatic heterocycles. The number of carbonyl (C=O) groups is 1. The number of hydrogen-bond donors (Lipinski definition) is 2. The van der Waals surface area contributed by atoms with E-state index in [-0.39, 0.29) is 31.3 Å². The number of aliphatic hydroxyl groups excluding tert-OH is 1. The average Bonchev–Trinajstić information content (AvgIpc) is 3.12. The van der Waals surface area contributed by atoms with Crippen LogP contribution in [0.4, 0.5) is 5.95 Å². The highest BCUT2D eigenvalue weighted by Crippen LogP contribution is 2.42. The Morgan fingerprint density at radius 1 is 0.875 bits per heavy atom. The van der Waals surface area contributed by atoms with E-state index in [1.165, 1.54) is 0 Å². The minimum absolute atomic E-state index is 0.00539. The molecule has 2 fully saturated rings. The molecule has 252 valence electrons. The third-order valence-corrected chi connectivity index (χ3v) is 9.44. The van der Waals surface area contributed by atoms with Crippen molar-refractivity contribution in [3.05, 3.63) is 114 Å². The molecule has 12 heteroatoms. The van der Waals surface area contributed by atoms with Crippen LogP contribution in [0.5, 0.6) is 0 Å². The van der Waals surface area contributed by atoms with Crippen LogP contribution in [0, 0.1) is 5.92 Å². The molecular weight excluding hydrogens is 673 g/mol. The fourth-order valence-corrected chi connectivity index (χ4v) is 6.34. The maximum Gasteiger partial charge on any atom is 0.272 e. The lowest BCUT2D eigenvalue weighted by Crippen LogP contribution is -2.51. The molecule has 3 aromatic carbocycles. The second-order valence-electron chi connectivity index (χ2n) is 12.2. The van der Waals surface area contributed by atoms with Crippen LogP contribution in [0.1, 0.15) is 41.6 Å². The summed E-state index contributed by atoms with van der Waals surface area (Å²) in [5.74, 6) is 0.177. The Morgan fingerprint density at radius 3 is 2.23 bits per heavy atom. The first-order valence-electron chi connectivity index (χ1n) is 16.0. The van der Waals surface area contributed by atoms with E-state index < -0.39 is 16.0 Å². The number of nitrogens with zero attached hydrogens (tertiary/aromatic N) is 4. The Balaban J connectivity index is 1.17. The zero-order valence-corrected chi connectivity index (χ0v) is 28.8. The molecule has 0 aliphatic carbocycles. The Bertz CT molecular complexity index is 1650. The number of amides is 1. The standard InChI is InChI=1S/C36H38Cl3N5O4/c1-24-31(22-43-16-18-44(19-17-43)35-40-14-3-15-41-35)47-33(48-32(24)28-8-6-25(23-45)7-9-28)29-12-10-27(11-13-29)30-5-2-4-26(20-30)21-42-34(46)36(37,38)39/h2-15,20,24,31-33,45H,16-19,21-23H2,1H3,(H,42,46)/t24-,31+,32+,33+/m0/s1. The van der Waals surface area contributed by atoms with Gasteiger partial charge >= 0.3 is 0 Å². The van der Waals surface area contributed by atoms with Crippen molar-refractivity contribution in [3.63, 3.8) is 0 Å². The number of carbonyl (C=O) groups excluding carboxylic acids is 1. The summed E-state index contributed by atoms with van der Waals surface area (Å²) in [7, 11) is 0. The molecule has 0 saturated carbocycles. The van der Waals surface area contributed by atoms with Crippen LogP contribution >= 0.6 is 34.8 Å². The summed E-state index contributed by atoms with van der Waals surface area (Å²) in [6, 6.07) is 25.8. The van der Waals surface area contributed by atoms with E-state index in [1.54, 1.807) is 12.4 Å². The first-order chi connectivity index (χ1) is 23.2. The van der Waals surface area contributed by atoms with E-state index in [9.17, 15) is 9.90 Å². The Labute approximate surface area is 295 Å². The molecule has 3 heterocycles. The third-order valence-electron chi connectivity index (χ3n) is 8.92. The first-order valence-corrected chi connectivity index (χ1v) is 17.1. The van der Waals surface area contributed by atoms with E-state index in [0.717, 1.165) is 72.1 Å². The second kappa shape index (κ2) is 15.5. The average molecular weight is 711 g/mol. The maximum absolute atomic E-state index is 12.0. The number of nitrogens with one attached hydrogen (secondary N) is 1. The molecule has 6 rings (SSSR count). The number of ether oxygens (including phenoxy) is 2. The van der Waals surface area contributed by atoms with Crippen molar-refractivity contribution in [2.75, 3.05) is 37.6 Å². The topological polar surface area (TPSA) is 100 Å². The number of benzene rings is 3. The fraction of sp³-hybridized carbons (Fsp3) is 0.361. The molecule has 0 unspecified atom stereocenters. The van der Waals surface area contributed by atoms with Crippen LogP contribution in [0.25, 0.3) is 11.1 Å². The molecule has 4 atom stereocenters. The van der Waals surface area contributed by atoms with Crippen LogP contribution in [-0.4, -0.2) is 68.5 Å². The maximum atomic E-state index is 12.0. The van der Waals surface area contributed by atoms with Crippen LogP contribution in [0.3, 0.4) is 0 Å². The quantitative estimate of drug-likeness (QED) is 0.197. The SMILES string of the molecule is C[C@H]1[C@@H](CN2CCN(c3ncccn3)CC2)O[C@@H](c2ccc(-c3cccc(CNC(=O)C(Cl)(Cl)Cl)c3)cc2)O[C@H]1c1ccc(CO)cc1. The number of anilines is 1. The van der Waals surface area contributed by atoms with E-state index >= 15 is 0 Å². The van der Waals surface area contributed by atoms with Gasteiger partial charge in [0.25, 0.3) is 9.70 Å². The molecule has 48 heavy (non-hydrogen) atoms. The van der Waals surface area contributed by atoms with Gasteiger partial charge < -0.3 is 24.8 Å². The summed E-state index contributed by atoms with van der Waals surface area (Å²) in [6.07, 6.45) is 2.72. The van der Waals surface area contributed by atoms with E-state index in [2.05, 4.69) is 32.0 Å². The second-order valence-corrected chi connectivity index (χ2v) is 14.4. The molecule has 1 amide bonds. The van der Waals surface area contributed by atoms with Gasteiger partial charge in [0.1, 0.15) is 0 Å². The van der Waals surface area contributed by atoms with Gasteiger partial charge in [-0.05, 0) is 39.9 Å². The van der Waals surface area contributed by atoms with Gasteiger partial charge in [0, 0.05) is 63.1 Å². The minimum Gasteiger partial charge on any atom is -0.392 e. The molecule has 2 aliphatic rings. The van der Waals surface area contributed by atoms with Crippen LogP contribution in [0.15, 0.2) is 91.3 Å². The first kappa shape index (κ1) is 34.6. The predicted molar refractivity (Wildman–Crippen MR) is 188 cm³/mol. The minimum atomic E-state index is -2.01. The van der Waals surface area contributed by atoms with Crippen LogP contribution in [-0.2, 0) is 27.4 Å². The van der Waals surface area contributed by atoms with Crippen molar-refractivity contribution in [1.29, 1.82) is 0 Å². The zero-order chi connectivity index (χ0) is 33.7. The van der Waals surface area contributed by atoms with Crippen molar-refractivity contribution in [2.45, 2.75) is 42.4 Å². The van der Waals surface area contributed by atoms with Crippen molar-refractivity contribution < 1.29 is 19.4 Å². The van der Waals surface area contributed by atoms with Crippen molar-refractivity contribution >= 4 is 46.7 Å². The Kier molecular flexibility index (Phi) is 11.2. The molecule has 0 spiro atoms. The molecule has 1 aromatic heterocycles. The van der Waals surface area contributed by atoms with E-state index in [1.807, 2.05) is 78.9 Å². The number of rotatable bonds is 9. The smallest absolute Gasteiger partial charge is 0.272 e. The van der Waals surface area contributed by atoms with Gasteiger partial charge in [-0.3, -0.25) is 9.69 Å². The van der Waals surface area contributed by atoms with Gasteiger partial charge in [0.05, 0.1) is 18.8 Å². The number of alkyl halides is 3. The highest BCUT2D eigenvalue weighted by molar-refractivity contribution is 6.76. The van der Waals surface area contributed by atoms with Gasteiger partial charge in [-0.15, -0.1) is 0 Å². The largest absolute Gasteiger partial charge is 0.392 e. The van der Waals surface area contributed by atoms with Gasteiger partial charge in [0.2, 0.25) is 5.95 Å². The highest BCUT2D eigenvalue weighted by atomic mass is 35.6. The zero-order valence-electron chi connectivity index (χ0n) is 26.5. The van der Waals surface area contributed by atoms with Crippen molar-refractivity contribution in [1.82, 2.24) is 20.2 Å². The number of piperazine rings is 1. The van der Waals surface area contributed by atoms with Gasteiger partial charge in [0.15, 0.2) is 6.29 Å². The van der Waals surface area contributed by atoms with E-state index in [4.69, 9.17) is 44.3 Å². The molecule has 0 radical (unpaired) electrons. The molecule has 2 N–H and O–H groups in total. The van der Waals surface area contributed by atoms with Crippen molar-refractivity contribution in [2.24, 2.45) is 5.92 Å². The summed E-state index contributed by atoms with van der Waals surface area (Å²) >= 11 is 17.1. The lowest BCUT2D eigenvalue weighted by Gasteiger charge is -2.44. The lowest BCUT2D eigenvalue weighted by molar-refractivity contribution is -0.276. The van der Waals surface area contributed by atoms with Gasteiger partial charge in [-0.25, -0.2) is 9.97 Å². The summed E-state index contributed by atoms with van der Waals surface area (Å²) in [5, 5.41) is 12.2. The monoisotopic (exact) mass is 709 g/mol. The molecule has 0 bridgehead atoms. The molecule has 4 aromatic rings.